The molecule has 0 saturated carbocycles. The highest BCUT2D eigenvalue weighted by molar-refractivity contribution is 6.05. The number of benzene rings is 2. The normalized spacial score (nSPS) is 10.1. The summed E-state index contributed by atoms with van der Waals surface area (Å²) in [4.78, 5) is 22.8. The van der Waals surface area contributed by atoms with Gasteiger partial charge in [0.1, 0.15) is 0 Å². The number of aryl methyl sites for hydroxylation is 2. The van der Waals surface area contributed by atoms with E-state index in [1.807, 2.05) is 32.0 Å². The van der Waals surface area contributed by atoms with Crippen LogP contribution in [0.5, 0.6) is 5.75 Å². The summed E-state index contributed by atoms with van der Waals surface area (Å²) in [5.41, 5.74) is 2.53. The molecular formula is C16H16N2O4. The van der Waals surface area contributed by atoms with Crippen molar-refractivity contribution >= 4 is 17.3 Å². The van der Waals surface area contributed by atoms with E-state index in [0.717, 1.165) is 11.1 Å². The molecule has 1 amide bonds. The minimum atomic E-state index is -0.575. The van der Waals surface area contributed by atoms with Crippen molar-refractivity contribution in [3.63, 3.8) is 0 Å². The number of hydrogen-bond acceptors (Lipinski definition) is 4. The van der Waals surface area contributed by atoms with Gasteiger partial charge in [0.15, 0.2) is 5.75 Å². The number of methoxy groups -OCH3 is 1. The maximum Gasteiger partial charge on any atom is 0.311 e. The van der Waals surface area contributed by atoms with Crippen molar-refractivity contribution in [3.8, 4) is 5.75 Å². The molecule has 2 aromatic rings. The highest BCUT2D eigenvalue weighted by Crippen LogP contribution is 2.28. The number of nitrogens with zero attached hydrogens (tertiary/aromatic N) is 1. The van der Waals surface area contributed by atoms with Crippen LogP contribution in [-0.2, 0) is 0 Å². The second-order valence-electron chi connectivity index (χ2n) is 4.86. The molecule has 0 spiro atoms. The first-order valence-electron chi connectivity index (χ1n) is 6.64. The van der Waals surface area contributed by atoms with Crippen LogP contribution in [-0.4, -0.2) is 17.9 Å². The average molecular weight is 300 g/mol. The van der Waals surface area contributed by atoms with Crippen LogP contribution in [0.1, 0.15) is 21.5 Å². The molecule has 6 nitrogen and oxygen atoms in total. The maximum absolute atomic E-state index is 12.3. The van der Waals surface area contributed by atoms with E-state index in [4.69, 9.17) is 4.74 Å². The second kappa shape index (κ2) is 6.26. The first kappa shape index (κ1) is 15.5. The number of carbonyl (C=O) groups excluding carboxylic acids is 1. The van der Waals surface area contributed by atoms with Crippen LogP contribution in [0.2, 0.25) is 0 Å². The van der Waals surface area contributed by atoms with Crippen LogP contribution < -0.4 is 10.1 Å². The van der Waals surface area contributed by atoms with Gasteiger partial charge in [0.05, 0.1) is 12.0 Å². The Morgan fingerprint density at radius 3 is 2.36 bits per heavy atom. The summed E-state index contributed by atoms with van der Waals surface area (Å²) < 4.78 is 4.92. The number of para-hydroxylation sites is 1. The molecule has 0 fully saturated rings. The predicted octanol–water partition coefficient (Wildman–Crippen LogP) is 3.47. The Kier molecular flexibility index (Phi) is 4.41. The van der Waals surface area contributed by atoms with Crippen molar-refractivity contribution < 1.29 is 14.5 Å². The zero-order chi connectivity index (χ0) is 16.3. The Bertz CT molecular complexity index is 721. The van der Waals surface area contributed by atoms with Crippen molar-refractivity contribution in [1.29, 1.82) is 0 Å². The van der Waals surface area contributed by atoms with Gasteiger partial charge in [-0.2, -0.15) is 0 Å². The van der Waals surface area contributed by atoms with Gasteiger partial charge >= 0.3 is 5.69 Å². The van der Waals surface area contributed by atoms with E-state index in [1.165, 1.54) is 25.3 Å². The highest BCUT2D eigenvalue weighted by atomic mass is 16.6. The summed E-state index contributed by atoms with van der Waals surface area (Å²) in [5.74, 6) is -0.281. The van der Waals surface area contributed by atoms with E-state index in [2.05, 4.69) is 5.32 Å². The average Bonchev–Trinajstić information content (AvgIpc) is 2.50. The summed E-state index contributed by atoms with van der Waals surface area (Å²) >= 11 is 0. The highest BCUT2D eigenvalue weighted by Gasteiger charge is 2.18. The predicted molar refractivity (Wildman–Crippen MR) is 83.5 cm³/mol. The number of amides is 1. The number of carbonyl (C=O) groups is 1. The lowest BCUT2D eigenvalue weighted by Gasteiger charge is -2.11. The molecule has 22 heavy (non-hydrogen) atoms. The molecule has 0 aliphatic heterocycles. The Hall–Kier alpha value is -2.89. The molecule has 2 rings (SSSR count). The van der Waals surface area contributed by atoms with Crippen LogP contribution in [0.25, 0.3) is 0 Å². The zero-order valence-electron chi connectivity index (χ0n) is 12.5. The lowest BCUT2D eigenvalue weighted by molar-refractivity contribution is -0.385. The molecule has 0 saturated heterocycles. The van der Waals surface area contributed by atoms with Crippen LogP contribution in [0.4, 0.5) is 11.4 Å². The molecule has 0 heterocycles. The third-order valence-corrected chi connectivity index (χ3v) is 3.36. The fourth-order valence-corrected chi connectivity index (χ4v) is 2.17. The Morgan fingerprint density at radius 1 is 1.18 bits per heavy atom. The fourth-order valence-electron chi connectivity index (χ4n) is 2.17. The molecule has 0 radical (unpaired) electrons. The lowest BCUT2D eigenvalue weighted by Crippen LogP contribution is -2.14. The van der Waals surface area contributed by atoms with Crippen molar-refractivity contribution in [1.82, 2.24) is 0 Å². The molecule has 0 bridgehead atoms. The molecule has 0 aliphatic carbocycles. The second-order valence-corrected chi connectivity index (χ2v) is 4.86. The monoisotopic (exact) mass is 300 g/mol. The third kappa shape index (κ3) is 3.06. The molecule has 1 N–H and O–H groups in total. The summed E-state index contributed by atoms with van der Waals surface area (Å²) in [5, 5.41) is 13.8. The molecule has 0 aliphatic rings. The van der Waals surface area contributed by atoms with Crippen molar-refractivity contribution in [2.75, 3.05) is 12.4 Å². The van der Waals surface area contributed by atoms with E-state index < -0.39 is 10.8 Å². The number of nitro groups is 1. The van der Waals surface area contributed by atoms with Gasteiger partial charge in [0.25, 0.3) is 5.91 Å². The minimum Gasteiger partial charge on any atom is -0.490 e. The van der Waals surface area contributed by atoms with Crippen LogP contribution in [0, 0.1) is 24.0 Å². The summed E-state index contributed by atoms with van der Waals surface area (Å²) in [6, 6.07) is 9.80. The Labute approximate surface area is 127 Å². The molecular weight excluding hydrogens is 284 g/mol. The quantitative estimate of drug-likeness (QED) is 0.692. The Balaban J connectivity index is 2.34. The van der Waals surface area contributed by atoms with Gasteiger partial charge < -0.3 is 10.1 Å². The number of hydrogen-bond donors (Lipinski definition) is 1. The van der Waals surface area contributed by atoms with Gasteiger partial charge in [0, 0.05) is 17.3 Å². The SMILES string of the molecule is COc1ccc(C(=O)Nc2c(C)cccc2C)cc1[N+](=O)[O-]. The van der Waals surface area contributed by atoms with E-state index >= 15 is 0 Å². The van der Waals surface area contributed by atoms with Gasteiger partial charge in [-0.15, -0.1) is 0 Å². The number of ether oxygens (including phenoxy) is 1. The molecule has 0 unspecified atom stereocenters. The summed E-state index contributed by atoms with van der Waals surface area (Å²) in [6.45, 7) is 3.78. The van der Waals surface area contributed by atoms with Crippen LogP contribution >= 0.6 is 0 Å². The molecule has 0 aromatic heterocycles. The number of anilines is 1. The standard InChI is InChI=1S/C16H16N2O4/c1-10-5-4-6-11(2)15(10)17-16(19)12-7-8-14(22-3)13(9-12)18(20)21/h4-9H,1-3H3,(H,17,19). The molecule has 114 valence electrons. The fraction of sp³-hybridized carbons (Fsp3) is 0.188. The van der Waals surface area contributed by atoms with Gasteiger partial charge in [-0.25, -0.2) is 0 Å². The maximum atomic E-state index is 12.3. The first-order valence-corrected chi connectivity index (χ1v) is 6.64. The van der Waals surface area contributed by atoms with Crippen molar-refractivity contribution in [2.45, 2.75) is 13.8 Å². The summed E-state index contributed by atoms with van der Waals surface area (Å²) in [6.07, 6.45) is 0. The van der Waals surface area contributed by atoms with Crippen molar-refractivity contribution in [2.24, 2.45) is 0 Å². The molecule has 2 aromatic carbocycles. The largest absolute Gasteiger partial charge is 0.490 e. The van der Waals surface area contributed by atoms with E-state index in [1.54, 1.807) is 0 Å². The number of nitrogens with one attached hydrogen (secondary N) is 1. The van der Waals surface area contributed by atoms with Gasteiger partial charge in [-0.05, 0) is 37.1 Å². The minimum absolute atomic E-state index is 0.119. The van der Waals surface area contributed by atoms with Crippen LogP contribution in [0.15, 0.2) is 36.4 Å². The van der Waals surface area contributed by atoms with Gasteiger partial charge in [0.2, 0.25) is 0 Å². The third-order valence-electron chi connectivity index (χ3n) is 3.36. The first-order chi connectivity index (χ1) is 10.4. The van der Waals surface area contributed by atoms with E-state index in [9.17, 15) is 14.9 Å². The number of rotatable bonds is 4. The van der Waals surface area contributed by atoms with E-state index in [-0.39, 0.29) is 17.0 Å². The lowest BCUT2D eigenvalue weighted by atomic mass is 10.1. The molecule has 0 atom stereocenters. The Morgan fingerprint density at radius 2 is 1.82 bits per heavy atom. The topological polar surface area (TPSA) is 81.5 Å². The van der Waals surface area contributed by atoms with E-state index in [0.29, 0.717) is 5.69 Å². The van der Waals surface area contributed by atoms with Crippen molar-refractivity contribution in [3.05, 3.63) is 63.2 Å². The molecule has 6 heteroatoms. The van der Waals surface area contributed by atoms with Crippen LogP contribution in [0.3, 0.4) is 0 Å². The summed E-state index contributed by atoms with van der Waals surface area (Å²) in [7, 11) is 1.35. The number of nitro benzene ring substituents is 1. The van der Waals surface area contributed by atoms with Gasteiger partial charge in [-0.3, -0.25) is 14.9 Å². The van der Waals surface area contributed by atoms with Gasteiger partial charge in [-0.1, -0.05) is 18.2 Å². The smallest absolute Gasteiger partial charge is 0.311 e. The zero-order valence-corrected chi connectivity index (χ0v) is 12.5.